The van der Waals surface area contributed by atoms with E-state index in [-0.39, 0.29) is 10.6 Å². The summed E-state index contributed by atoms with van der Waals surface area (Å²) in [4.78, 5) is 22.0. The van der Waals surface area contributed by atoms with Crippen LogP contribution in [0.4, 0.5) is 0 Å². The first-order chi connectivity index (χ1) is 11.4. The first-order valence-electron chi connectivity index (χ1n) is 7.08. The van der Waals surface area contributed by atoms with Gasteiger partial charge in [-0.1, -0.05) is 0 Å². The molecule has 120 valence electrons. The Morgan fingerprint density at radius 1 is 0.625 bits per heavy atom. The summed E-state index contributed by atoms with van der Waals surface area (Å²) in [5.74, 6) is 0. The van der Waals surface area contributed by atoms with Gasteiger partial charge in [0.05, 0.1) is 0 Å². The summed E-state index contributed by atoms with van der Waals surface area (Å²) < 4.78 is 0. The van der Waals surface area contributed by atoms with E-state index in [4.69, 9.17) is 11.2 Å². The fraction of sp³-hybridized carbons (Fsp3) is 0. The first kappa shape index (κ1) is 15.3. The Bertz CT molecular complexity index is 998. The molecule has 0 aliphatic rings. The molecule has 0 atom stereocenters. The van der Waals surface area contributed by atoms with E-state index in [1.165, 1.54) is 0 Å². The molecule has 0 unspecified atom stereocenters. The second-order valence-corrected chi connectivity index (χ2v) is 10.3. The van der Waals surface area contributed by atoms with Gasteiger partial charge in [0, 0.05) is 0 Å². The second kappa shape index (κ2) is 5.13. The SMILES string of the molecule is OP(O)(Cl)(c1ccc2cnncc2c1)c1ccc2cnncc2c1. The number of hydrogen-bond acceptors (Lipinski definition) is 6. The summed E-state index contributed by atoms with van der Waals surface area (Å²) in [6.45, 7) is 0. The van der Waals surface area contributed by atoms with Crippen molar-refractivity contribution < 1.29 is 9.79 Å². The van der Waals surface area contributed by atoms with Crippen molar-refractivity contribution in [3.05, 3.63) is 61.2 Å². The Hall–Kier alpha value is -2.24. The number of nitrogens with zero attached hydrogens (tertiary/aromatic N) is 4. The van der Waals surface area contributed by atoms with E-state index in [1.807, 2.05) is 0 Å². The summed E-state index contributed by atoms with van der Waals surface area (Å²) in [6, 6.07) is 9.94. The molecule has 0 radical (unpaired) electrons. The van der Waals surface area contributed by atoms with Gasteiger partial charge in [0.2, 0.25) is 0 Å². The van der Waals surface area contributed by atoms with Crippen molar-refractivity contribution in [2.24, 2.45) is 0 Å². The van der Waals surface area contributed by atoms with Crippen LogP contribution in [0.2, 0.25) is 0 Å². The van der Waals surface area contributed by atoms with Gasteiger partial charge in [0.15, 0.2) is 0 Å². The fourth-order valence-electron chi connectivity index (χ4n) is 2.61. The molecule has 4 rings (SSSR count). The molecule has 2 aromatic carbocycles. The van der Waals surface area contributed by atoms with Crippen molar-refractivity contribution in [3.63, 3.8) is 0 Å². The molecule has 2 heterocycles. The molecule has 0 saturated carbocycles. The van der Waals surface area contributed by atoms with Crippen LogP contribution in [0, 0.1) is 0 Å². The van der Waals surface area contributed by atoms with Gasteiger partial charge in [0.1, 0.15) is 0 Å². The maximum atomic E-state index is 11.0. The Balaban J connectivity index is 1.93. The topological polar surface area (TPSA) is 92.0 Å². The molecule has 0 fully saturated rings. The third-order valence-electron chi connectivity index (χ3n) is 3.98. The van der Waals surface area contributed by atoms with Gasteiger partial charge in [-0.05, 0) is 0 Å². The van der Waals surface area contributed by atoms with Crippen LogP contribution in [0.15, 0.2) is 61.2 Å². The number of benzene rings is 2. The number of rotatable bonds is 2. The van der Waals surface area contributed by atoms with Crippen LogP contribution in [0.25, 0.3) is 21.5 Å². The van der Waals surface area contributed by atoms with E-state index >= 15 is 0 Å². The van der Waals surface area contributed by atoms with Gasteiger partial charge in [-0.25, -0.2) is 0 Å². The molecule has 8 heteroatoms. The summed E-state index contributed by atoms with van der Waals surface area (Å²) in [6.07, 6.45) is 1.51. The third-order valence-corrected chi connectivity index (χ3v) is 7.53. The van der Waals surface area contributed by atoms with Crippen molar-refractivity contribution in [2.75, 3.05) is 0 Å². The van der Waals surface area contributed by atoms with Gasteiger partial charge >= 0.3 is 141 Å². The van der Waals surface area contributed by atoms with Gasteiger partial charge < -0.3 is 0 Å². The monoisotopic (exact) mass is 358 g/mol. The fourth-order valence-corrected chi connectivity index (χ4v) is 4.95. The normalized spacial score (nSPS) is 13.7. The summed E-state index contributed by atoms with van der Waals surface area (Å²) in [5, 5.41) is 18.9. The molecular weight excluding hydrogens is 347 g/mol. The summed E-state index contributed by atoms with van der Waals surface area (Å²) in [5.41, 5.74) is 0. The Labute approximate surface area is 141 Å². The molecule has 2 aromatic heterocycles. The molecule has 0 saturated heterocycles. The van der Waals surface area contributed by atoms with Gasteiger partial charge in [-0.2, -0.15) is 0 Å². The van der Waals surface area contributed by atoms with Crippen molar-refractivity contribution in [1.82, 2.24) is 20.4 Å². The predicted molar refractivity (Wildman–Crippen MR) is 95.6 cm³/mol. The molecule has 0 spiro atoms. The number of halogens is 1. The van der Waals surface area contributed by atoms with Crippen LogP contribution in [0.5, 0.6) is 0 Å². The van der Waals surface area contributed by atoms with Crippen molar-refractivity contribution in [2.45, 2.75) is 0 Å². The standard InChI is InChI=1S/C16H12ClN4O2P/c17-24(22,23,15-3-1-11-7-18-20-9-13(11)5-15)16-4-2-12-8-19-21-10-14(12)6-16/h1-10,22-23H. The summed E-state index contributed by atoms with van der Waals surface area (Å²) >= 11 is 6.41. The van der Waals surface area contributed by atoms with Crippen molar-refractivity contribution >= 4 is 49.8 Å². The third kappa shape index (κ3) is 2.41. The quantitative estimate of drug-likeness (QED) is 0.533. The Morgan fingerprint density at radius 2 is 1.00 bits per heavy atom. The molecular formula is C16H12ClN4O2P. The molecule has 6 nitrogen and oxygen atoms in total. The Morgan fingerprint density at radius 3 is 1.42 bits per heavy atom. The van der Waals surface area contributed by atoms with E-state index < -0.39 is 6.41 Å². The van der Waals surface area contributed by atoms with Crippen LogP contribution in [0.1, 0.15) is 0 Å². The zero-order valence-electron chi connectivity index (χ0n) is 12.3. The molecule has 0 aliphatic heterocycles. The van der Waals surface area contributed by atoms with E-state index in [2.05, 4.69) is 20.4 Å². The van der Waals surface area contributed by atoms with Crippen molar-refractivity contribution in [3.8, 4) is 0 Å². The number of aromatic nitrogens is 4. The number of fused-ring (bicyclic) bond motifs is 2. The average Bonchev–Trinajstić information content (AvgIpc) is 2.60. The van der Waals surface area contributed by atoms with Crippen LogP contribution in [-0.2, 0) is 0 Å². The van der Waals surface area contributed by atoms with E-state index in [9.17, 15) is 9.79 Å². The Kier molecular flexibility index (Phi) is 3.27. The minimum absolute atomic E-state index is 0.240. The minimum atomic E-state index is -4.80. The molecule has 24 heavy (non-hydrogen) atoms. The van der Waals surface area contributed by atoms with Crippen LogP contribution >= 0.6 is 17.7 Å². The van der Waals surface area contributed by atoms with Gasteiger partial charge in [-0.15, -0.1) is 0 Å². The first-order valence-corrected chi connectivity index (χ1v) is 10.1. The summed E-state index contributed by atoms with van der Waals surface area (Å²) in [7, 11) is 0. The maximum absolute atomic E-state index is 11.0. The van der Waals surface area contributed by atoms with E-state index in [0.29, 0.717) is 0 Å². The molecule has 2 N–H and O–H groups in total. The van der Waals surface area contributed by atoms with E-state index in [0.717, 1.165) is 21.5 Å². The average molecular weight is 359 g/mol. The second-order valence-electron chi connectivity index (χ2n) is 5.53. The zero-order valence-corrected chi connectivity index (χ0v) is 13.9. The van der Waals surface area contributed by atoms with Crippen molar-refractivity contribution in [1.29, 1.82) is 0 Å². The van der Waals surface area contributed by atoms with Crippen LogP contribution in [0.3, 0.4) is 0 Å². The van der Waals surface area contributed by atoms with Crippen LogP contribution < -0.4 is 10.6 Å². The molecule has 4 aromatic rings. The molecule has 0 bridgehead atoms. The van der Waals surface area contributed by atoms with E-state index in [1.54, 1.807) is 61.2 Å². The zero-order chi connectivity index (χ0) is 16.8. The predicted octanol–water partition coefficient (Wildman–Crippen LogP) is 2.05. The molecule has 0 amide bonds. The number of hydrogen-bond donors (Lipinski definition) is 2. The van der Waals surface area contributed by atoms with Gasteiger partial charge in [-0.3, -0.25) is 0 Å². The van der Waals surface area contributed by atoms with Crippen LogP contribution in [-0.4, -0.2) is 30.2 Å². The van der Waals surface area contributed by atoms with Gasteiger partial charge in [0.25, 0.3) is 0 Å². The molecule has 0 aliphatic carbocycles.